The molecular formula is C10H14O6-2. The van der Waals surface area contributed by atoms with E-state index in [9.17, 15) is 19.8 Å². The molecule has 0 unspecified atom stereocenters. The molecule has 0 aliphatic heterocycles. The molecule has 6 heteroatoms. The van der Waals surface area contributed by atoms with Crippen molar-refractivity contribution >= 4 is 11.9 Å². The fraction of sp³-hybridized carbons (Fsp3) is 0.600. The van der Waals surface area contributed by atoms with Gasteiger partial charge in [-0.15, -0.1) is 0 Å². The van der Waals surface area contributed by atoms with Gasteiger partial charge >= 0.3 is 0 Å². The van der Waals surface area contributed by atoms with E-state index in [1.54, 1.807) is 0 Å². The molecule has 92 valence electrons. The second kappa shape index (κ2) is 7.84. The first-order chi connectivity index (χ1) is 7.54. The summed E-state index contributed by atoms with van der Waals surface area (Å²) in [5.41, 5.74) is -0.613. The number of carbonyl (C=O) groups is 2. The first-order valence-corrected chi connectivity index (χ1v) is 4.67. The zero-order valence-corrected chi connectivity index (χ0v) is 9.28. The largest absolute Gasteiger partial charge is 0.545 e. The first-order valence-electron chi connectivity index (χ1n) is 4.67. The number of hydrogen-bond donors (Lipinski definition) is 0. The van der Waals surface area contributed by atoms with Gasteiger partial charge in [0.15, 0.2) is 0 Å². The predicted octanol–water partition coefficient (Wildman–Crippen LogP) is -2.14. The Balaban J connectivity index is 4.94. The van der Waals surface area contributed by atoms with Crippen molar-refractivity contribution in [3.63, 3.8) is 0 Å². The molecule has 16 heavy (non-hydrogen) atoms. The SMILES string of the molecule is COCC/C(C(=O)[O-])=C(\CCOC)C(=O)[O-]. The third-order valence-electron chi connectivity index (χ3n) is 1.97. The number of carbonyl (C=O) groups excluding carboxylic acids is 2. The van der Waals surface area contributed by atoms with Crippen LogP contribution < -0.4 is 10.2 Å². The van der Waals surface area contributed by atoms with Crippen LogP contribution in [0.1, 0.15) is 12.8 Å². The summed E-state index contributed by atoms with van der Waals surface area (Å²) in [5.74, 6) is -3.04. The molecule has 0 amide bonds. The van der Waals surface area contributed by atoms with E-state index in [2.05, 4.69) is 9.47 Å². The lowest BCUT2D eigenvalue weighted by atomic mass is 10.0. The van der Waals surface area contributed by atoms with E-state index < -0.39 is 11.9 Å². The van der Waals surface area contributed by atoms with Gasteiger partial charge in [-0.25, -0.2) is 0 Å². The average Bonchev–Trinajstić information content (AvgIpc) is 2.21. The van der Waals surface area contributed by atoms with E-state index in [0.29, 0.717) is 0 Å². The summed E-state index contributed by atoms with van der Waals surface area (Å²) in [6.07, 6.45) is -0.0717. The minimum absolute atomic E-state index is 0.0359. The second-order valence-corrected chi connectivity index (χ2v) is 3.02. The smallest absolute Gasteiger partial charge is 0.0679 e. The predicted molar refractivity (Wildman–Crippen MR) is 50.0 cm³/mol. The summed E-state index contributed by atoms with van der Waals surface area (Å²) >= 11 is 0. The van der Waals surface area contributed by atoms with Crippen molar-refractivity contribution in [3.8, 4) is 0 Å². The van der Waals surface area contributed by atoms with Crippen molar-refractivity contribution in [1.82, 2.24) is 0 Å². The Morgan fingerprint density at radius 2 is 1.19 bits per heavy atom. The number of carboxylic acids is 2. The highest BCUT2D eigenvalue weighted by molar-refractivity contribution is 5.97. The van der Waals surface area contributed by atoms with Gasteiger partial charge in [0.05, 0.1) is 25.2 Å². The lowest BCUT2D eigenvalue weighted by Crippen LogP contribution is -2.32. The second-order valence-electron chi connectivity index (χ2n) is 3.02. The van der Waals surface area contributed by atoms with Crippen LogP contribution in [0.15, 0.2) is 11.1 Å². The van der Waals surface area contributed by atoms with Gasteiger partial charge in [0.25, 0.3) is 0 Å². The Kier molecular flexibility index (Phi) is 7.15. The maximum atomic E-state index is 10.8. The molecule has 0 radical (unpaired) electrons. The van der Waals surface area contributed by atoms with Crippen LogP contribution in [0.5, 0.6) is 0 Å². The summed E-state index contributed by atoms with van der Waals surface area (Å²) in [6, 6.07) is 0. The topological polar surface area (TPSA) is 98.7 Å². The van der Waals surface area contributed by atoms with Crippen LogP contribution in [0.4, 0.5) is 0 Å². The summed E-state index contributed by atoms with van der Waals surface area (Å²) in [7, 11) is 2.78. The van der Waals surface area contributed by atoms with Crippen molar-refractivity contribution in [2.75, 3.05) is 27.4 Å². The normalized spacial score (nSPS) is 12.1. The first kappa shape index (κ1) is 14.6. The molecular weight excluding hydrogens is 216 g/mol. The summed E-state index contributed by atoms with van der Waals surface area (Å²) in [6.45, 7) is 0.208. The highest BCUT2D eigenvalue weighted by Crippen LogP contribution is 2.12. The van der Waals surface area contributed by atoms with Gasteiger partial charge in [-0.3, -0.25) is 0 Å². The number of hydrogen-bond acceptors (Lipinski definition) is 6. The number of rotatable bonds is 8. The molecule has 0 aromatic rings. The minimum atomic E-state index is -1.52. The number of methoxy groups -OCH3 is 2. The van der Waals surface area contributed by atoms with Crippen LogP contribution in [-0.4, -0.2) is 39.4 Å². The van der Waals surface area contributed by atoms with Crippen molar-refractivity contribution < 1.29 is 29.3 Å². The lowest BCUT2D eigenvalue weighted by Gasteiger charge is -2.16. The Morgan fingerprint density at radius 3 is 1.38 bits per heavy atom. The standard InChI is InChI=1S/C10H16O6/c1-15-5-3-7(9(11)12)8(10(13)14)4-6-16-2/h3-6H2,1-2H3,(H,11,12)(H,13,14)/p-2/b8-7-. The van der Waals surface area contributed by atoms with Crippen molar-refractivity contribution in [1.29, 1.82) is 0 Å². The molecule has 6 nitrogen and oxygen atoms in total. The van der Waals surface area contributed by atoms with Gasteiger partial charge in [-0.1, -0.05) is 0 Å². The fourth-order valence-electron chi connectivity index (χ4n) is 1.16. The number of ether oxygens (including phenoxy) is 2. The van der Waals surface area contributed by atoms with Crippen LogP contribution in [0.2, 0.25) is 0 Å². The summed E-state index contributed by atoms with van der Waals surface area (Å²) < 4.78 is 9.37. The van der Waals surface area contributed by atoms with Gasteiger partial charge in [-0.2, -0.15) is 0 Å². The van der Waals surface area contributed by atoms with Crippen molar-refractivity contribution in [2.24, 2.45) is 0 Å². The molecule has 0 atom stereocenters. The molecule has 0 N–H and O–H groups in total. The quantitative estimate of drug-likeness (QED) is 0.441. The van der Waals surface area contributed by atoms with Gasteiger partial charge in [0.2, 0.25) is 0 Å². The molecule has 0 fully saturated rings. The van der Waals surface area contributed by atoms with Gasteiger partial charge in [0, 0.05) is 14.2 Å². The Hall–Kier alpha value is -1.40. The highest BCUT2D eigenvalue weighted by atomic mass is 16.5. The van der Waals surface area contributed by atoms with E-state index in [-0.39, 0.29) is 37.2 Å². The minimum Gasteiger partial charge on any atom is -0.545 e. The molecule has 0 rings (SSSR count). The van der Waals surface area contributed by atoms with Gasteiger partial charge in [0.1, 0.15) is 0 Å². The Labute approximate surface area is 93.5 Å². The third kappa shape index (κ3) is 4.90. The molecule has 0 heterocycles. The molecule has 0 aliphatic rings. The fourth-order valence-corrected chi connectivity index (χ4v) is 1.16. The molecule has 0 aromatic carbocycles. The van der Waals surface area contributed by atoms with Crippen molar-refractivity contribution in [2.45, 2.75) is 12.8 Å². The Bertz CT molecular complexity index is 253. The van der Waals surface area contributed by atoms with E-state index in [1.807, 2.05) is 0 Å². The van der Waals surface area contributed by atoms with Gasteiger partial charge in [-0.05, 0) is 24.0 Å². The molecule has 0 spiro atoms. The third-order valence-corrected chi connectivity index (χ3v) is 1.97. The van der Waals surface area contributed by atoms with E-state index in [4.69, 9.17) is 0 Å². The van der Waals surface area contributed by atoms with E-state index in [0.717, 1.165) is 0 Å². The van der Waals surface area contributed by atoms with Crippen LogP contribution in [-0.2, 0) is 19.1 Å². The summed E-state index contributed by atoms with van der Waals surface area (Å²) in [4.78, 5) is 21.5. The molecule has 0 aliphatic carbocycles. The zero-order valence-electron chi connectivity index (χ0n) is 9.28. The Morgan fingerprint density at radius 1 is 0.875 bits per heavy atom. The van der Waals surface area contributed by atoms with Crippen molar-refractivity contribution in [3.05, 3.63) is 11.1 Å². The zero-order chi connectivity index (χ0) is 12.6. The molecule has 0 saturated heterocycles. The highest BCUT2D eigenvalue weighted by Gasteiger charge is 2.09. The average molecular weight is 230 g/mol. The number of aliphatic carboxylic acids is 2. The van der Waals surface area contributed by atoms with E-state index in [1.165, 1.54) is 14.2 Å². The van der Waals surface area contributed by atoms with Crippen LogP contribution in [0.3, 0.4) is 0 Å². The molecule has 0 saturated carbocycles. The van der Waals surface area contributed by atoms with Crippen LogP contribution in [0.25, 0.3) is 0 Å². The van der Waals surface area contributed by atoms with Crippen LogP contribution >= 0.6 is 0 Å². The molecule has 0 aromatic heterocycles. The monoisotopic (exact) mass is 230 g/mol. The number of carboxylic acid groups (broad SMARTS) is 2. The lowest BCUT2D eigenvalue weighted by molar-refractivity contribution is -0.304. The van der Waals surface area contributed by atoms with E-state index >= 15 is 0 Å². The maximum Gasteiger partial charge on any atom is 0.0679 e. The molecule has 0 bridgehead atoms. The maximum absolute atomic E-state index is 10.8. The van der Waals surface area contributed by atoms with Gasteiger partial charge < -0.3 is 29.3 Å². The van der Waals surface area contributed by atoms with Crippen LogP contribution in [0, 0.1) is 0 Å². The summed E-state index contributed by atoms with van der Waals surface area (Å²) in [5, 5.41) is 21.5.